The van der Waals surface area contributed by atoms with Crippen LogP contribution in [-0.4, -0.2) is 23.5 Å². The van der Waals surface area contributed by atoms with Crippen molar-refractivity contribution in [2.24, 2.45) is 0 Å². The van der Waals surface area contributed by atoms with E-state index >= 15 is 0 Å². The van der Waals surface area contributed by atoms with Gasteiger partial charge >= 0.3 is 0 Å². The molecule has 0 bridgehead atoms. The Morgan fingerprint density at radius 3 is 2.89 bits per heavy atom. The predicted octanol–water partition coefficient (Wildman–Crippen LogP) is 4.36. The van der Waals surface area contributed by atoms with Gasteiger partial charge in [0.15, 0.2) is 0 Å². The van der Waals surface area contributed by atoms with Gasteiger partial charge in [-0.2, -0.15) is 11.8 Å². The van der Waals surface area contributed by atoms with Gasteiger partial charge in [-0.15, -0.1) is 0 Å². The first-order chi connectivity index (χ1) is 8.54. The van der Waals surface area contributed by atoms with Crippen molar-refractivity contribution in [1.29, 1.82) is 0 Å². The van der Waals surface area contributed by atoms with E-state index in [-0.39, 0.29) is 11.9 Å². The first-order valence-electron chi connectivity index (χ1n) is 5.88. The molecule has 0 aliphatic heterocycles. The monoisotopic (exact) mass is 349 g/mol. The Hall–Kier alpha value is -0.190. The zero-order valence-electron chi connectivity index (χ0n) is 10.5. The average molecular weight is 351 g/mol. The Labute approximate surface area is 126 Å². The number of amides is 1. The molecule has 0 aliphatic carbocycles. The minimum absolute atomic E-state index is 0.0625. The largest absolute Gasteiger partial charge is 0.350 e. The highest BCUT2D eigenvalue weighted by molar-refractivity contribution is 9.10. The summed E-state index contributed by atoms with van der Waals surface area (Å²) in [6.45, 7) is 4.16. The summed E-state index contributed by atoms with van der Waals surface area (Å²) < 4.78 is 0.725. The summed E-state index contributed by atoms with van der Waals surface area (Å²) in [7, 11) is 0. The third-order valence-corrected chi connectivity index (χ3v) is 4.28. The summed E-state index contributed by atoms with van der Waals surface area (Å²) >= 11 is 11.1. The minimum atomic E-state index is -0.0625. The maximum absolute atomic E-state index is 12.0. The average Bonchev–Trinajstić information content (AvgIpc) is 2.28. The maximum atomic E-state index is 12.0. The normalized spacial score (nSPS) is 12.2. The van der Waals surface area contributed by atoms with E-state index in [0.717, 1.165) is 22.4 Å². The van der Waals surface area contributed by atoms with Crippen molar-refractivity contribution in [3.63, 3.8) is 0 Å². The van der Waals surface area contributed by atoms with Crippen LogP contribution < -0.4 is 5.32 Å². The lowest BCUT2D eigenvalue weighted by Gasteiger charge is -2.14. The number of halogens is 2. The first-order valence-corrected chi connectivity index (χ1v) is 8.20. The van der Waals surface area contributed by atoms with E-state index in [4.69, 9.17) is 11.6 Å². The molecule has 0 aromatic heterocycles. The van der Waals surface area contributed by atoms with E-state index in [0.29, 0.717) is 10.6 Å². The van der Waals surface area contributed by atoms with E-state index in [2.05, 4.69) is 28.2 Å². The van der Waals surface area contributed by atoms with Crippen molar-refractivity contribution >= 4 is 45.2 Å². The van der Waals surface area contributed by atoms with Crippen LogP contribution in [0.15, 0.2) is 22.7 Å². The van der Waals surface area contributed by atoms with E-state index in [1.807, 2.05) is 18.7 Å². The fourth-order valence-electron chi connectivity index (χ4n) is 1.45. The Balaban J connectivity index is 2.54. The molecule has 2 nitrogen and oxygen atoms in total. The molecule has 1 rings (SSSR count). The molecule has 1 unspecified atom stereocenters. The third-order valence-electron chi connectivity index (χ3n) is 2.45. The second-order valence-corrected chi connectivity index (χ2v) is 6.67. The molecule has 0 radical (unpaired) electrons. The summed E-state index contributed by atoms with van der Waals surface area (Å²) in [5, 5.41) is 3.61. The van der Waals surface area contributed by atoms with E-state index in [1.54, 1.807) is 18.2 Å². The molecular formula is C13H17BrClNOS. The Morgan fingerprint density at radius 1 is 1.56 bits per heavy atom. The van der Waals surface area contributed by atoms with Gasteiger partial charge in [0.05, 0.1) is 5.56 Å². The van der Waals surface area contributed by atoms with Crippen LogP contribution in [0.1, 0.15) is 30.6 Å². The molecule has 100 valence electrons. The highest BCUT2D eigenvalue weighted by atomic mass is 79.9. The van der Waals surface area contributed by atoms with Gasteiger partial charge in [0, 0.05) is 15.5 Å². The summed E-state index contributed by atoms with van der Waals surface area (Å²) in [6, 6.07) is 5.36. The lowest BCUT2D eigenvalue weighted by Crippen LogP contribution is -2.33. The van der Waals surface area contributed by atoms with E-state index < -0.39 is 0 Å². The molecule has 1 aromatic carbocycles. The molecule has 1 N–H and O–H groups in total. The first kappa shape index (κ1) is 15.9. The number of hydrogen-bond acceptors (Lipinski definition) is 2. The van der Waals surface area contributed by atoms with E-state index in [9.17, 15) is 4.79 Å². The van der Waals surface area contributed by atoms with Crippen LogP contribution in [0.4, 0.5) is 0 Å². The fourth-order valence-corrected chi connectivity index (χ4v) is 3.12. The summed E-state index contributed by atoms with van der Waals surface area (Å²) in [5.74, 6) is 2.12. The van der Waals surface area contributed by atoms with Crippen LogP contribution in [0.2, 0.25) is 5.02 Å². The number of benzene rings is 1. The van der Waals surface area contributed by atoms with Gasteiger partial charge in [0.1, 0.15) is 0 Å². The SMILES string of the molecule is CCSCCC(C)NC(=O)c1ccc(Cl)cc1Br. The van der Waals surface area contributed by atoms with Crippen LogP contribution in [0.5, 0.6) is 0 Å². The molecule has 5 heteroatoms. The van der Waals surface area contributed by atoms with Crippen molar-refractivity contribution in [1.82, 2.24) is 5.32 Å². The highest BCUT2D eigenvalue weighted by Crippen LogP contribution is 2.21. The lowest BCUT2D eigenvalue weighted by molar-refractivity contribution is 0.0939. The predicted molar refractivity (Wildman–Crippen MR) is 83.7 cm³/mol. The molecule has 1 atom stereocenters. The van der Waals surface area contributed by atoms with Crippen LogP contribution in [0.3, 0.4) is 0 Å². The van der Waals surface area contributed by atoms with Crippen molar-refractivity contribution in [3.8, 4) is 0 Å². The van der Waals surface area contributed by atoms with Gasteiger partial charge in [-0.1, -0.05) is 18.5 Å². The van der Waals surface area contributed by atoms with Gasteiger partial charge in [0.25, 0.3) is 5.91 Å². The van der Waals surface area contributed by atoms with Gasteiger partial charge in [-0.05, 0) is 59.0 Å². The van der Waals surface area contributed by atoms with Crippen molar-refractivity contribution in [2.75, 3.05) is 11.5 Å². The molecule has 1 aromatic rings. The smallest absolute Gasteiger partial charge is 0.252 e. The Morgan fingerprint density at radius 2 is 2.28 bits per heavy atom. The zero-order valence-corrected chi connectivity index (χ0v) is 13.7. The van der Waals surface area contributed by atoms with Gasteiger partial charge < -0.3 is 5.32 Å². The zero-order chi connectivity index (χ0) is 13.5. The molecule has 1 amide bonds. The number of rotatable bonds is 6. The molecule has 0 saturated heterocycles. The standard InChI is InChI=1S/C13H17BrClNOS/c1-3-18-7-6-9(2)16-13(17)11-5-4-10(15)8-12(11)14/h4-5,8-9H,3,6-7H2,1-2H3,(H,16,17). The number of hydrogen-bond donors (Lipinski definition) is 1. The van der Waals surface area contributed by atoms with E-state index in [1.165, 1.54) is 0 Å². The third kappa shape index (κ3) is 5.21. The topological polar surface area (TPSA) is 29.1 Å². The molecule has 0 spiro atoms. The van der Waals surface area contributed by atoms with Crippen LogP contribution in [0.25, 0.3) is 0 Å². The number of carbonyl (C=O) groups is 1. The quantitative estimate of drug-likeness (QED) is 0.772. The highest BCUT2D eigenvalue weighted by Gasteiger charge is 2.12. The number of thioether (sulfide) groups is 1. The lowest BCUT2D eigenvalue weighted by atomic mass is 10.2. The summed E-state index contributed by atoms with van der Waals surface area (Å²) in [6.07, 6.45) is 0.982. The molecular weight excluding hydrogens is 334 g/mol. The van der Waals surface area contributed by atoms with Crippen LogP contribution in [-0.2, 0) is 0 Å². The van der Waals surface area contributed by atoms with Gasteiger partial charge in [-0.3, -0.25) is 4.79 Å². The van der Waals surface area contributed by atoms with Crippen molar-refractivity contribution < 1.29 is 4.79 Å². The molecule has 0 fully saturated rings. The summed E-state index contributed by atoms with van der Waals surface area (Å²) in [5.41, 5.74) is 0.620. The van der Waals surface area contributed by atoms with Crippen molar-refractivity contribution in [2.45, 2.75) is 26.3 Å². The van der Waals surface area contributed by atoms with Gasteiger partial charge in [-0.25, -0.2) is 0 Å². The number of carbonyl (C=O) groups excluding carboxylic acids is 1. The van der Waals surface area contributed by atoms with Gasteiger partial charge in [0.2, 0.25) is 0 Å². The molecule has 0 saturated carbocycles. The Kier molecular flexibility index (Phi) is 7.12. The number of nitrogens with one attached hydrogen (secondary N) is 1. The second-order valence-electron chi connectivity index (χ2n) is 3.98. The molecule has 18 heavy (non-hydrogen) atoms. The van der Waals surface area contributed by atoms with Crippen LogP contribution in [0, 0.1) is 0 Å². The molecule has 0 heterocycles. The fraction of sp³-hybridized carbons (Fsp3) is 0.462. The second kappa shape index (κ2) is 8.08. The van der Waals surface area contributed by atoms with Crippen molar-refractivity contribution in [3.05, 3.63) is 33.3 Å². The summed E-state index contributed by atoms with van der Waals surface area (Å²) in [4.78, 5) is 12.0. The molecule has 0 aliphatic rings. The Bertz CT molecular complexity index is 414. The maximum Gasteiger partial charge on any atom is 0.252 e. The van der Waals surface area contributed by atoms with Crippen LogP contribution >= 0.6 is 39.3 Å². The minimum Gasteiger partial charge on any atom is -0.350 e.